The van der Waals surface area contributed by atoms with Gasteiger partial charge in [0.1, 0.15) is 0 Å². The zero-order valence-corrected chi connectivity index (χ0v) is 23.6. The van der Waals surface area contributed by atoms with Crippen LogP contribution in [0.5, 0.6) is 0 Å². The molecule has 2 aromatic carbocycles. The summed E-state index contributed by atoms with van der Waals surface area (Å²) in [6.45, 7) is 19.0. The van der Waals surface area contributed by atoms with Crippen LogP contribution in [0.2, 0.25) is 0 Å². The number of aromatic nitrogens is 1. The van der Waals surface area contributed by atoms with E-state index in [-0.39, 0.29) is 0 Å². The number of para-hydroxylation sites is 1. The molecule has 1 fully saturated rings. The van der Waals surface area contributed by atoms with Gasteiger partial charge < -0.3 is 15.2 Å². The smallest absolute Gasteiger partial charge is 0.0548 e. The lowest BCUT2D eigenvalue weighted by atomic mass is 9.81. The van der Waals surface area contributed by atoms with Crippen LogP contribution in [0.15, 0.2) is 49.0 Å². The van der Waals surface area contributed by atoms with E-state index in [1.807, 2.05) is 13.8 Å². The van der Waals surface area contributed by atoms with Crippen molar-refractivity contribution >= 4 is 22.2 Å². The van der Waals surface area contributed by atoms with Gasteiger partial charge in [-0.2, -0.15) is 0 Å². The Hall–Kier alpha value is -2.52. The number of allylic oxidation sites excluding steroid dienone is 1. The molecule has 0 unspecified atom stereocenters. The Bertz CT molecular complexity index is 1100. The highest BCUT2D eigenvalue weighted by Crippen LogP contribution is 2.46. The van der Waals surface area contributed by atoms with Crippen molar-refractivity contribution in [2.24, 2.45) is 0 Å². The SMILES string of the molecule is C=C(C)c1ccc2c(C3CCCCC3)c3n(c2c1)CCNc1ccccc1-3.CC.CCCNCCC. The molecule has 0 atom stereocenters. The van der Waals surface area contributed by atoms with Crippen LogP contribution in [0.3, 0.4) is 0 Å². The van der Waals surface area contributed by atoms with Crippen LogP contribution in [0.4, 0.5) is 5.69 Å². The van der Waals surface area contributed by atoms with E-state index in [0.29, 0.717) is 5.92 Å². The molecule has 2 heterocycles. The lowest BCUT2D eigenvalue weighted by Crippen LogP contribution is -2.14. The van der Waals surface area contributed by atoms with Gasteiger partial charge in [0.2, 0.25) is 0 Å². The summed E-state index contributed by atoms with van der Waals surface area (Å²) in [5, 5.41) is 8.39. The number of hydrogen-bond acceptors (Lipinski definition) is 2. The molecule has 36 heavy (non-hydrogen) atoms. The number of nitrogens with zero attached hydrogens (tertiary/aromatic N) is 1. The average Bonchev–Trinajstić information content (AvgIpc) is 3.12. The maximum Gasteiger partial charge on any atom is 0.0548 e. The van der Waals surface area contributed by atoms with E-state index < -0.39 is 0 Å². The maximum atomic E-state index is 4.17. The standard InChI is InChI=1S/C25H28N2.C6H15N.C2H6/c1-17(2)19-12-13-21-23(16-19)27-15-14-26-22-11-7-6-10-20(22)25(27)24(21)18-8-4-3-5-9-18;1-3-5-7-6-4-2;1-2/h6-7,10-13,16,18,26H,1,3-5,8-9,14-15H2,2H3;7H,3-6H2,1-2H3;1-2H3. The lowest BCUT2D eigenvalue weighted by Gasteiger charge is -2.23. The average molecular weight is 488 g/mol. The van der Waals surface area contributed by atoms with Crippen LogP contribution < -0.4 is 10.6 Å². The van der Waals surface area contributed by atoms with Crippen molar-refractivity contribution in [1.82, 2.24) is 9.88 Å². The molecule has 2 aliphatic rings. The van der Waals surface area contributed by atoms with Gasteiger partial charge in [-0.15, -0.1) is 0 Å². The summed E-state index contributed by atoms with van der Waals surface area (Å²) in [6.07, 6.45) is 9.26. The van der Waals surface area contributed by atoms with Crippen molar-refractivity contribution < 1.29 is 0 Å². The van der Waals surface area contributed by atoms with Gasteiger partial charge in [0.15, 0.2) is 0 Å². The van der Waals surface area contributed by atoms with Gasteiger partial charge in [-0.25, -0.2) is 0 Å². The predicted octanol–water partition coefficient (Wildman–Crippen LogP) is 9.24. The molecule has 0 spiro atoms. The molecule has 3 aromatic rings. The van der Waals surface area contributed by atoms with Gasteiger partial charge in [0.25, 0.3) is 0 Å². The topological polar surface area (TPSA) is 29.0 Å². The molecule has 1 aromatic heterocycles. The first-order valence-electron chi connectivity index (χ1n) is 14.5. The quantitative estimate of drug-likeness (QED) is 0.339. The molecule has 3 nitrogen and oxygen atoms in total. The third-order valence-electron chi connectivity index (χ3n) is 7.30. The second kappa shape index (κ2) is 14.3. The second-order valence-electron chi connectivity index (χ2n) is 9.98. The predicted molar refractivity (Wildman–Crippen MR) is 161 cm³/mol. The molecule has 1 aliphatic heterocycles. The van der Waals surface area contributed by atoms with Gasteiger partial charge in [0.05, 0.1) is 5.69 Å². The number of hydrogen-bond donors (Lipinski definition) is 2. The first-order valence-corrected chi connectivity index (χ1v) is 14.5. The van der Waals surface area contributed by atoms with Crippen LogP contribution in [0, 0.1) is 0 Å². The molecule has 3 heteroatoms. The molecule has 2 N–H and O–H groups in total. The van der Waals surface area contributed by atoms with Crippen LogP contribution in [0.25, 0.3) is 27.7 Å². The fourth-order valence-electron chi connectivity index (χ4n) is 5.59. The van der Waals surface area contributed by atoms with E-state index in [1.165, 1.54) is 91.4 Å². The summed E-state index contributed by atoms with van der Waals surface area (Å²) in [7, 11) is 0. The zero-order valence-electron chi connectivity index (χ0n) is 23.6. The molecule has 5 rings (SSSR count). The molecule has 0 amide bonds. The van der Waals surface area contributed by atoms with E-state index in [0.717, 1.165) is 18.7 Å². The molecular weight excluding hydrogens is 438 g/mol. The van der Waals surface area contributed by atoms with E-state index in [4.69, 9.17) is 0 Å². The Labute approximate surface area is 220 Å². The molecule has 0 saturated heterocycles. The van der Waals surface area contributed by atoms with Crippen molar-refractivity contribution in [2.45, 2.75) is 92.0 Å². The molecule has 196 valence electrons. The van der Waals surface area contributed by atoms with E-state index in [1.54, 1.807) is 5.56 Å². The minimum absolute atomic E-state index is 0.680. The van der Waals surface area contributed by atoms with Crippen LogP contribution in [-0.4, -0.2) is 24.2 Å². The molecule has 1 aliphatic carbocycles. The largest absolute Gasteiger partial charge is 0.383 e. The molecule has 0 radical (unpaired) electrons. The highest BCUT2D eigenvalue weighted by molar-refractivity contribution is 5.96. The maximum absolute atomic E-state index is 4.17. The van der Waals surface area contributed by atoms with E-state index >= 15 is 0 Å². The Morgan fingerprint density at radius 3 is 2.36 bits per heavy atom. The number of fused-ring (bicyclic) bond motifs is 5. The van der Waals surface area contributed by atoms with Crippen molar-refractivity contribution in [1.29, 1.82) is 0 Å². The Morgan fingerprint density at radius 1 is 1.00 bits per heavy atom. The van der Waals surface area contributed by atoms with Crippen molar-refractivity contribution in [3.05, 3.63) is 60.2 Å². The third-order valence-corrected chi connectivity index (χ3v) is 7.30. The fraction of sp³-hybridized carbons (Fsp3) is 0.515. The lowest BCUT2D eigenvalue weighted by molar-refractivity contribution is 0.445. The fourth-order valence-corrected chi connectivity index (χ4v) is 5.59. The molecule has 0 bridgehead atoms. The van der Waals surface area contributed by atoms with E-state index in [2.05, 4.69) is 85.0 Å². The van der Waals surface area contributed by atoms with Gasteiger partial charge >= 0.3 is 0 Å². The normalized spacial score (nSPS) is 14.8. The summed E-state index contributed by atoms with van der Waals surface area (Å²) in [4.78, 5) is 0. The van der Waals surface area contributed by atoms with Gasteiger partial charge in [-0.3, -0.25) is 0 Å². The van der Waals surface area contributed by atoms with Crippen molar-refractivity contribution in [3.63, 3.8) is 0 Å². The summed E-state index contributed by atoms with van der Waals surface area (Å²) in [5.74, 6) is 0.680. The van der Waals surface area contributed by atoms with Crippen molar-refractivity contribution in [3.8, 4) is 11.3 Å². The second-order valence-corrected chi connectivity index (χ2v) is 9.98. The first-order chi connectivity index (χ1) is 17.7. The van der Waals surface area contributed by atoms with Crippen LogP contribution >= 0.6 is 0 Å². The van der Waals surface area contributed by atoms with Gasteiger partial charge in [-0.05, 0) is 74.9 Å². The number of benzene rings is 2. The van der Waals surface area contributed by atoms with Gasteiger partial charge in [-0.1, -0.05) is 89.4 Å². The zero-order chi connectivity index (χ0) is 25.9. The monoisotopic (exact) mass is 487 g/mol. The van der Waals surface area contributed by atoms with Crippen molar-refractivity contribution in [2.75, 3.05) is 25.0 Å². The minimum Gasteiger partial charge on any atom is -0.383 e. The highest BCUT2D eigenvalue weighted by atomic mass is 15.0. The summed E-state index contributed by atoms with van der Waals surface area (Å²) in [5.41, 5.74) is 9.46. The van der Waals surface area contributed by atoms with Crippen LogP contribution in [0.1, 0.15) is 96.6 Å². The Balaban J connectivity index is 0.000000350. The molecular formula is C33H49N3. The van der Waals surface area contributed by atoms with Gasteiger partial charge in [0, 0.05) is 35.2 Å². The number of rotatable bonds is 6. The Morgan fingerprint density at radius 2 is 1.69 bits per heavy atom. The third kappa shape index (κ3) is 6.42. The van der Waals surface area contributed by atoms with Crippen LogP contribution in [-0.2, 0) is 6.54 Å². The highest BCUT2D eigenvalue weighted by Gasteiger charge is 2.28. The first kappa shape index (κ1) is 28.1. The summed E-state index contributed by atoms with van der Waals surface area (Å²) < 4.78 is 2.57. The minimum atomic E-state index is 0.680. The Kier molecular flexibility index (Phi) is 11.1. The summed E-state index contributed by atoms with van der Waals surface area (Å²) in [6, 6.07) is 15.8. The van der Waals surface area contributed by atoms with E-state index in [9.17, 15) is 0 Å². The summed E-state index contributed by atoms with van der Waals surface area (Å²) >= 11 is 0. The number of anilines is 1. The molecule has 1 saturated carbocycles. The number of nitrogens with one attached hydrogen (secondary N) is 2.